The minimum atomic E-state index is 0.691. The Morgan fingerprint density at radius 2 is 1.65 bits per heavy atom. The summed E-state index contributed by atoms with van der Waals surface area (Å²) in [6.45, 7) is 6.40. The van der Waals surface area contributed by atoms with Crippen molar-refractivity contribution in [2.75, 3.05) is 18.4 Å². The van der Waals surface area contributed by atoms with Gasteiger partial charge in [-0.2, -0.15) is 0 Å². The normalized spacial score (nSPS) is 10.6. The summed E-state index contributed by atoms with van der Waals surface area (Å²) in [7, 11) is 0. The smallest absolute Gasteiger partial charge is 0.223 e. The van der Waals surface area contributed by atoms with Gasteiger partial charge in [-0.05, 0) is 37.6 Å². The van der Waals surface area contributed by atoms with Gasteiger partial charge in [0.05, 0.1) is 0 Å². The average molecular weight is 291 g/mol. The molecule has 20 heavy (non-hydrogen) atoms. The van der Waals surface area contributed by atoms with Crippen LogP contribution in [-0.4, -0.2) is 23.1 Å². The largest absolute Gasteiger partial charge is 0.353 e. The molecule has 0 amide bonds. The van der Waals surface area contributed by atoms with Crippen LogP contribution in [0.25, 0.3) is 0 Å². The van der Waals surface area contributed by atoms with Crippen molar-refractivity contribution in [2.24, 2.45) is 0 Å². The van der Waals surface area contributed by atoms with E-state index in [4.69, 9.17) is 11.6 Å². The number of aryl methyl sites for hydroxylation is 2. The Balaban J connectivity index is 1.70. The Bertz CT molecular complexity index is 534. The van der Waals surface area contributed by atoms with E-state index in [1.807, 2.05) is 44.2 Å². The number of benzene rings is 1. The second-order valence-corrected chi connectivity index (χ2v) is 5.14. The zero-order chi connectivity index (χ0) is 14.4. The molecule has 5 heteroatoms. The molecule has 1 aromatic heterocycles. The highest BCUT2D eigenvalue weighted by molar-refractivity contribution is 6.30. The maximum Gasteiger partial charge on any atom is 0.223 e. The van der Waals surface area contributed by atoms with Crippen molar-refractivity contribution in [1.29, 1.82) is 0 Å². The quantitative estimate of drug-likeness (QED) is 0.803. The third-order valence-electron chi connectivity index (χ3n) is 2.81. The van der Waals surface area contributed by atoms with E-state index in [-0.39, 0.29) is 0 Å². The number of rotatable bonds is 6. The molecule has 0 saturated heterocycles. The highest BCUT2D eigenvalue weighted by Crippen LogP contribution is 2.09. The van der Waals surface area contributed by atoms with Crippen molar-refractivity contribution in [3.05, 3.63) is 52.3 Å². The van der Waals surface area contributed by atoms with Crippen LogP contribution in [0.3, 0.4) is 0 Å². The highest BCUT2D eigenvalue weighted by Gasteiger charge is 1.98. The van der Waals surface area contributed by atoms with Crippen molar-refractivity contribution in [2.45, 2.75) is 20.4 Å². The van der Waals surface area contributed by atoms with Gasteiger partial charge in [-0.25, -0.2) is 9.97 Å². The van der Waals surface area contributed by atoms with Gasteiger partial charge < -0.3 is 10.6 Å². The summed E-state index contributed by atoms with van der Waals surface area (Å²) in [6.07, 6.45) is 0. The Morgan fingerprint density at radius 3 is 2.30 bits per heavy atom. The molecule has 1 aromatic carbocycles. The maximum absolute atomic E-state index is 5.84. The van der Waals surface area contributed by atoms with Crippen molar-refractivity contribution >= 4 is 17.5 Å². The summed E-state index contributed by atoms with van der Waals surface area (Å²) >= 11 is 5.84. The molecule has 2 rings (SSSR count). The van der Waals surface area contributed by atoms with Crippen LogP contribution in [0.2, 0.25) is 5.02 Å². The molecule has 0 bridgehead atoms. The van der Waals surface area contributed by atoms with Crippen LogP contribution in [0.4, 0.5) is 5.95 Å². The van der Waals surface area contributed by atoms with Crippen molar-refractivity contribution < 1.29 is 0 Å². The van der Waals surface area contributed by atoms with Gasteiger partial charge in [-0.3, -0.25) is 0 Å². The van der Waals surface area contributed by atoms with Crippen LogP contribution in [0.15, 0.2) is 30.3 Å². The Labute approximate surface area is 124 Å². The van der Waals surface area contributed by atoms with E-state index in [0.717, 1.165) is 36.0 Å². The molecule has 0 spiro atoms. The lowest BCUT2D eigenvalue weighted by atomic mass is 10.2. The number of nitrogens with zero attached hydrogens (tertiary/aromatic N) is 2. The third-order valence-corrected chi connectivity index (χ3v) is 3.06. The first-order chi connectivity index (χ1) is 9.63. The molecule has 0 unspecified atom stereocenters. The lowest BCUT2D eigenvalue weighted by Gasteiger charge is -2.08. The number of anilines is 1. The van der Waals surface area contributed by atoms with Gasteiger partial charge in [0.2, 0.25) is 5.95 Å². The topological polar surface area (TPSA) is 49.8 Å². The van der Waals surface area contributed by atoms with E-state index in [0.29, 0.717) is 5.95 Å². The standard InChI is InChI=1S/C15H19ClN4/c1-11-9-12(2)20-15(19-11)18-8-7-17-10-13-3-5-14(16)6-4-13/h3-6,9,17H,7-8,10H2,1-2H3,(H,18,19,20). The minimum Gasteiger partial charge on any atom is -0.353 e. The molecule has 0 aliphatic rings. The Morgan fingerprint density at radius 1 is 1.00 bits per heavy atom. The van der Waals surface area contributed by atoms with Gasteiger partial charge in [-0.15, -0.1) is 0 Å². The van der Waals surface area contributed by atoms with Crippen LogP contribution in [0.1, 0.15) is 17.0 Å². The second kappa shape index (κ2) is 7.22. The average Bonchev–Trinajstić information content (AvgIpc) is 2.39. The number of nitrogens with one attached hydrogen (secondary N) is 2. The molecular formula is C15H19ClN4. The summed E-state index contributed by atoms with van der Waals surface area (Å²) in [5.74, 6) is 0.691. The van der Waals surface area contributed by atoms with Crippen LogP contribution in [0, 0.1) is 13.8 Å². The first-order valence-corrected chi connectivity index (χ1v) is 7.02. The van der Waals surface area contributed by atoms with Gasteiger partial charge in [0, 0.05) is 36.0 Å². The molecule has 0 aliphatic heterocycles. The molecule has 1 heterocycles. The fourth-order valence-corrected chi connectivity index (χ4v) is 2.03. The van der Waals surface area contributed by atoms with Crippen molar-refractivity contribution in [3.8, 4) is 0 Å². The summed E-state index contributed by atoms with van der Waals surface area (Å²) in [5, 5.41) is 7.34. The lowest BCUT2D eigenvalue weighted by Crippen LogP contribution is -2.22. The predicted octanol–water partition coefficient (Wildman–Crippen LogP) is 2.95. The van der Waals surface area contributed by atoms with E-state index in [9.17, 15) is 0 Å². The first-order valence-electron chi connectivity index (χ1n) is 6.65. The summed E-state index contributed by atoms with van der Waals surface area (Å²) < 4.78 is 0. The minimum absolute atomic E-state index is 0.691. The van der Waals surface area contributed by atoms with Crippen molar-refractivity contribution in [1.82, 2.24) is 15.3 Å². The summed E-state index contributed by atoms with van der Waals surface area (Å²) in [5.41, 5.74) is 3.18. The van der Waals surface area contributed by atoms with E-state index < -0.39 is 0 Å². The molecule has 0 saturated carbocycles. The highest BCUT2D eigenvalue weighted by atomic mass is 35.5. The summed E-state index contributed by atoms with van der Waals surface area (Å²) in [4.78, 5) is 8.67. The number of aromatic nitrogens is 2. The monoisotopic (exact) mass is 290 g/mol. The SMILES string of the molecule is Cc1cc(C)nc(NCCNCc2ccc(Cl)cc2)n1. The van der Waals surface area contributed by atoms with Gasteiger partial charge in [0.1, 0.15) is 0 Å². The predicted molar refractivity (Wildman–Crippen MR) is 83.2 cm³/mol. The van der Waals surface area contributed by atoms with Crippen LogP contribution < -0.4 is 10.6 Å². The Hall–Kier alpha value is -1.65. The molecule has 0 radical (unpaired) electrons. The molecule has 106 valence electrons. The molecule has 0 aliphatic carbocycles. The number of hydrogen-bond donors (Lipinski definition) is 2. The Kier molecular flexibility index (Phi) is 5.32. The first kappa shape index (κ1) is 14.8. The van der Waals surface area contributed by atoms with Crippen molar-refractivity contribution in [3.63, 3.8) is 0 Å². The maximum atomic E-state index is 5.84. The van der Waals surface area contributed by atoms with Crippen LogP contribution in [0.5, 0.6) is 0 Å². The lowest BCUT2D eigenvalue weighted by molar-refractivity contribution is 0.704. The van der Waals surface area contributed by atoms with Gasteiger partial charge in [0.15, 0.2) is 0 Å². The molecule has 0 fully saturated rings. The summed E-state index contributed by atoms with van der Waals surface area (Å²) in [6, 6.07) is 9.82. The molecule has 2 aromatic rings. The van der Waals surface area contributed by atoms with E-state index in [1.165, 1.54) is 5.56 Å². The van der Waals surface area contributed by atoms with E-state index in [1.54, 1.807) is 0 Å². The zero-order valence-corrected chi connectivity index (χ0v) is 12.5. The van der Waals surface area contributed by atoms with E-state index in [2.05, 4.69) is 20.6 Å². The molecule has 4 nitrogen and oxygen atoms in total. The van der Waals surface area contributed by atoms with Gasteiger partial charge in [0.25, 0.3) is 0 Å². The van der Waals surface area contributed by atoms with E-state index >= 15 is 0 Å². The zero-order valence-electron chi connectivity index (χ0n) is 11.8. The van der Waals surface area contributed by atoms with Gasteiger partial charge in [-0.1, -0.05) is 23.7 Å². The van der Waals surface area contributed by atoms with Crippen LogP contribution >= 0.6 is 11.6 Å². The third kappa shape index (κ3) is 4.79. The molecule has 2 N–H and O–H groups in total. The molecule has 0 atom stereocenters. The number of halogens is 1. The second-order valence-electron chi connectivity index (χ2n) is 4.70. The number of hydrogen-bond acceptors (Lipinski definition) is 4. The van der Waals surface area contributed by atoms with Crippen LogP contribution in [-0.2, 0) is 6.54 Å². The fourth-order valence-electron chi connectivity index (χ4n) is 1.90. The fraction of sp³-hybridized carbons (Fsp3) is 0.333. The van der Waals surface area contributed by atoms with Gasteiger partial charge >= 0.3 is 0 Å². The molecular weight excluding hydrogens is 272 g/mol.